The first-order valence-electron chi connectivity index (χ1n) is 5.98. The van der Waals surface area contributed by atoms with Crippen LogP contribution in [0.25, 0.3) is 0 Å². The van der Waals surface area contributed by atoms with E-state index in [0.717, 1.165) is 6.54 Å². The summed E-state index contributed by atoms with van der Waals surface area (Å²) < 4.78 is 0. The lowest BCUT2D eigenvalue weighted by Crippen LogP contribution is -2.09. The molecule has 1 aliphatic rings. The molecule has 0 saturated heterocycles. The quantitative estimate of drug-likeness (QED) is 0.762. The molecule has 1 aromatic carbocycles. The number of benzene rings is 1. The number of rotatable bonds is 2. The maximum Gasteiger partial charge on any atom is 0.335 e. The Kier molecular flexibility index (Phi) is 5.60. The van der Waals surface area contributed by atoms with Crippen molar-refractivity contribution in [2.75, 3.05) is 6.54 Å². The Morgan fingerprint density at radius 2 is 1.74 bits per heavy atom. The molecule has 0 radical (unpaired) electrons. The summed E-state index contributed by atoms with van der Waals surface area (Å²) in [5.41, 5.74) is 0.335. The fourth-order valence-corrected chi connectivity index (χ4v) is 1.67. The van der Waals surface area contributed by atoms with Gasteiger partial charge in [-0.2, -0.15) is 0 Å². The molecule has 0 bridgehead atoms. The number of nitrogens with one attached hydrogen (secondary N) is 1. The zero-order valence-corrected chi connectivity index (χ0v) is 10.7. The SMILES string of the molecule is C1=CNCCC1.Cc1c(C(=O)O)cccc1C(=O)O. The second kappa shape index (κ2) is 7.20. The molecule has 0 atom stereocenters. The van der Waals surface area contributed by atoms with Crippen molar-refractivity contribution in [2.45, 2.75) is 19.8 Å². The summed E-state index contributed by atoms with van der Waals surface area (Å²) in [7, 11) is 0. The summed E-state index contributed by atoms with van der Waals surface area (Å²) in [5.74, 6) is -2.22. The van der Waals surface area contributed by atoms with E-state index in [1.807, 2.05) is 6.20 Å². The van der Waals surface area contributed by atoms with Crippen LogP contribution in [0.4, 0.5) is 0 Å². The average Bonchev–Trinajstić information content (AvgIpc) is 2.41. The molecule has 1 heterocycles. The molecule has 5 nitrogen and oxygen atoms in total. The number of allylic oxidation sites excluding steroid dienone is 1. The van der Waals surface area contributed by atoms with Crippen LogP contribution in [-0.2, 0) is 0 Å². The van der Waals surface area contributed by atoms with Crippen molar-refractivity contribution in [1.82, 2.24) is 5.32 Å². The normalized spacial score (nSPS) is 12.9. The number of hydrogen-bond acceptors (Lipinski definition) is 3. The van der Waals surface area contributed by atoms with Gasteiger partial charge < -0.3 is 15.5 Å². The molecule has 1 aromatic rings. The standard InChI is InChI=1S/C9H8O4.C5H9N/c1-5-6(8(10)11)3-2-4-7(5)9(12)13;1-2-4-6-5-3-1/h2-4H,1H3,(H,10,11)(H,12,13);2,4,6H,1,3,5H2. The van der Waals surface area contributed by atoms with E-state index < -0.39 is 11.9 Å². The summed E-state index contributed by atoms with van der Waals surface area (Å²) in [5, 5.41) is 20.5. The fourth-order valence-electron chi connectivity index (χ4n) is 1.67. The van der Waals surface area contributed by atoms with Gasteiger partial charge in [0.25, 0.3) is 0 Å². The van der Waals surface area contributed by atoms with E-state index in [1.165, 1.54) is 38.0 Å². The molecule has 5 heteroatoms. The first-order chi connectivity index (χ1) is 9.04. The molecule has 2 rings (SSSR count). The second-order valence-corrected chi connectivity index (χ2v) is 4.09. The third-order valence-corrected chi connectivity index (χ3v) is 2.72. The number of hydrogen-bond donors (Lipinski definition) is 3. The molecule has 0 saturated carbocycles. The molecule has 1 aliphatic heterocycles. The fraction of sp³-hybridized carbons (Fsp3) is 0.286. The van der Waals surface area contributed by atoms with Gasteiger partial charge in [-0.1, -0.05) is 12.1 Å². The van der Waals surface area contributed by atoms with Gasteiger partial charge in [0.05, 0.1) is 11.1 Å². The lowest BCUT2D eigenvalue weighted by atomic mass is 10.0. The van der Waals surface area contributed by atoms with Crippen molar-refractivity contribution in [1.29, 1.82) is 0 Å². The van der Waals surface area contributed by atoms with Crippen molar-refractivity contribution in [3.63, 3.8) is 0 Å². The summed E-state index contributed by atoms with van der Waals surface area (Å²) in [4.78, 5) is 21.2. The Morgan fingerprint density at radius 3 is 2.00 bits per heavy atom. The Hall–Kier alpha value is -2.30. The minimum Gasteiger partial charge on any atom is -0.478 e. The van der Waals surface area contributed by atoms with Gasteiger partial charge in [0.15, 0.2) is 0 Å². The lowest BCUT2D eigenvalue weighted by Gasteiger charge is -2.03. The molecule has 0 aromatic heterocycles. The van der Waals surface area contributed by atoms with Crippen molar-refractivity contribution in [2.24, 2.45) is 0 Å². The van der Waals surface area contributed by atoms with Crippen LogP contribution in [0.1, 0.15) is 39.1 Å². The van der Waals surface area contributed by atoms with Crippen molar-refractivity contribution >= 4 is 11.9 Å². The monoisotopic (exact) mass is 263 g/mol. The average molecular weight is 263 g/mol. The number of carboxylic acids is 2. The molecule has 0 aliphatic carbocycles. The van der Waals surface area contributed by atoms with Crippen LogP contribution >= 0.6 is 0 Å². The third-order valence-electron chi connectivity index (χ3n) is 2.72. The first-order valence-corrected chi connectivity index (χ1v) is 5.98. The van der Waals surface area contributed by atoms with Crippen LogP contribution in [-0.4, -0.2) is 28.7 Å². The molecule has 102 valence electrons. The molecule has 19 heavy (non-hydrogen) atoms. The molecule has 0 unspecified atom stereocenters. The largest absolute Gasteiger partial charge is 0.478 e. The Morgan fingerprint density at radius 1 is 1.16 bits per heavy atom. The topological polar surface area (TPSA) is 86.6 Å². The van der Waals surface area contributed by atoms with Gasteiger partial charge in [-0.25, -0.2) is 9.59 Å². The van der Waals surface area contributed by atoms with E-state index in [2.05, 4.69) is 11.4 Å². The number of carbonyl (C=O) groups is 2. The van der Waals surface area contributed by atoms with Gasteiger partial charge in [0.2, 0.25) is 0 Å². The lowest BCUT2D eigenvalue weighted by molar-refractivity contribution is 0.0696. The second-order valence-electron chi connectivity index (χ2n) is 4.09. The predicted molar refractivity (Wildman–Crippen MR) is 71.5 cm³/mol. The minimum absolute atomic E-state index is 0.0277. The van der Waals surface area contributed by atoms with Crippen LogP contribution in [0.15, 0.2) is 30.5 Å². The molecule has 0 amide bonds. The molecular weight excluding hydrogens is 246 g/mol. The van der Waals surface area contributed by atoms with Gasteiger partial charge >= 0.3 is 11.9 Å². The summed E-state index contributed by atoms with van der Waals surface area (Å²) in [6.45, 7) is 2.64. The number of aromatic carboxylic acids is 2. The highest BCUT2D eigenvalue weighted by atomic mass is 16.4. The molecular formula is C14H17NO4. The van der Waals surface area contributed by atoms with E-state index in [1.54, 1.807) is 0 Å². The third kappa shape index (κ3) is 4.46. The highest BCUT2D eigenvalue weighted by Gasteiger charge is 2.13. The maximum atomic E-state index is 10.6. The van der Waals surface area contributed by atoms with Gasteiger partial charge in [-0.3, -0.25) is 0 Å². The van der Waals surface area contributed by atoms with Gasteiger partial charge in [-0.15, -0.1) is 0 Å². The zero-order chi connectivity index (χ0) is 14.3. The summed E-state index contributed by atoms with van der Waals surface area (Å²) in [6.07, 6.45) is 6.73. The van der Waals surface area contributed by atoms with Crippen molar-refractivity contribution in [3.8, 4) is 0 Å². The van der Waals surface area contributed by atoms with E-state index in [0.29, 0.717) is 0 Å². The Balaban J connectivity index is 0.000000250. The zero-order valence-electron chi connectivity index (χ0n) is 10.7. The Bertz CT molecular complexity index is 454. The predicted octanol–water partition coefficient (Wildman–Crippen LogP) is 2.27. The number of carboxylic acid groups (broad SMARTS) is 2. The van der Waals surface area contributed by atoms with E-state index in [9.17, 15) is 9.59 Å². The Labute approximate surface area is 111 Å². The smallest absolute Gasteiger partial charge is 0.335 e. The van der Waals surface area contributed by atoms with Gasteiger partial charge in [-0.05, 0) is 43.7 Å². The summed E-state index contributed by atoms with van der Waals surface area (Å²) in [6, 6.07) is 4.17. The summed E-state index contributed by atoms with van der Waals surface area (Å²) >= 11 is 0. The first kappa shape index (κ1) is 14.8. The van der Waals surface area contributed by atoms with Gasteiger partial charge in [0, 0.05) is 6.54 Å². The molecule has 0 spiro atoms. The van der Waals surface area contributed by atoms with E-state index >= 15 is 0 Å². The van der Waals surface area contributed by atoms with Crippen molar-refractivity contribution < 1.29 is 19.8 Å². The van der Waals surface area contributed by atoms with Gasteiger partial charge in [0.1, 0.15) is 0 Å². The van der Waals surface area contributed by atoms with Crippen LogP contribution in [0.5, 0.6) is 0 Å². The van der Waals surface area contributed by atoms with Crippen LogP contribution in [0.3, 0.4) is 0 Å². The highest BCUT2D eigenvalue weighted by molar-refractivity contribution is 5.96. The van der Waals surface area contributed by atoms with Crippen LogP contribution in [0.2, 0.25) is 0 Å². The highest BCUT2D eigenvalue weighted by Crippen LogP contribution is 2.13. The van der Waals surface area contributed by atoms with Crippen LogP contribution in [0, 0.1) is 6.92 Å². The van der Waals surface area contributed by atoms with Crippen molar-refractivity contribution in [3.05, 3.63) is 47.2 Å². The maximum absolute atomic E-state index is 10.6. The van der Waals surface area contributed by atoms with E-state index in [4.69, 9.17) is 10.2 Å². The molecule has 0 fully saturated rings. The minimum atomic E-state index is -1.11. The van der Waals surface area contributed by atoms with E-state index in [-0.39, 0.29) is 16.7 Å². The molecule has 3 N–H and O–H groups in total. The van der Waals surface area contributed by atoms with Crippen LogP contribution < -0.4 is 5.32 Å².